The lowest BCUT2D eigenvalue weighted by Gasteiger charge is -2.11. The van der Waals surface area contributed by atoms with Crippen LogP contribution in [0.25, 0.3) is 10.9 Å². The number of fused-ring (bicyclic) bond motifs is 1. The summed E-state index contributed by atoms with van der Waals surface area (Å²) in [5.41, 5.74) is 0.565. The normalized spacial score (nSPS) is 11.3. The van der Waals surface area contributed by atoms with Crippen LogP contribution in [0.4, 0.5) is 0 Å². The summed E-state index contributed by atoms with van der Waals surface area (Å²) in [6, 6.07) is 11.0. The second-order valence-corrected chi connectivity index (χ2v) is 6.57. The van der Waals surface area contributed by atoms with Gasteiger partial charge in [-0.2, -0.15) is 4.98 Å². The molecule has 0 aliphatic heterocycles. The van der Waals surface area contributed by atoms with Gasteiger partial charge in [-0.05, 0) is 24.3 Å². The van der Waals surface area contributed by atoms with Crippen molar-refractivity contribution < 1.29 is 8.94 Å². The Morgan fingerprint density at radius 2 is 2.04 bits per heavy atom. The van der Waals surface area contributed by atoms with Gasteiger partial charge in [-0.1, -0.05) is 36.0 Å². The van der Waals surface area contributed by atoms with Crippen molar-refractivity contribution in [1.82, 2.24) is 19.7 Å². The van der Waals surface area contributed by atoms with E-state index in [9.17, 15) is 4.79 Å². The molecule has 0 amide bonds. The van der Waals surface area contributed by atoms with Crippen molar-refractivity contribution in [2.24, 2.45) is 0 Å². The van der Waals surface area contributed by atoms with Crippen LogP contribution in [0.3, 0.4) is 0 Å². The Morgan fingerprint density at radius 3 is 2.81 bits per heavy atom. The van der Waals surface area contributed by atoms with Crippen molar-refractivity contribution in [2.75, 3.05) is 0 Å². The molecule has 0 unspecified atom stereocenters. The summed E-state index contributed by atoms with van der Waals surface area (Å²) >= 11 is 1.40. The molecule has 0 saturated heterocycles. The Kier molecular flexibility index (Phi) is 4.57. The van der Waals surface area contributed by atoms with Crippen LogP contribution in [-0.2, 0) is 18.7 Å². The van der Waals surface area contributed by atoms with E-state index in [-0.39, 0.29) is 5.56 Å². The quantitative estimate of drug-likeness (QED) is 0.381. The monoisotopic (exact) mass is 368 g/mol. The maximum Gasteiger partial charge on any atom is 0.262 e. The lowest BCUT2D eigenvalue weighted by Crippen LogP contribution is -2.23. The van der Waals surface area contributed by atoms with Crippen LogP contribution in [0, 0.1) is 0 Å². The van der Waals surface area contributed by atoms with Crippen molar-refractivity contribution in [3.8, 4) is 0 Å². The Bertz CT molecular complexity index is 1090. The molecule has 8 heteroatoms. The van der Waals surface area contributed by atoms with Crippen LogP contribution < -0.4 is 5.56 Å². The molecular formula is C18H16N4O3S. The van der Waals surface area contributed by atoms with Crippen molar-refractivity contribution in [1.29, 1.82) is 0 Å². The van der Waals surface area contributed by atoms with Gasteiger partial charge in [0.05, 0.1) is 29.5 Å². The molecule has 0 aliphatic carbocycles. The average Bonchev–Trinajstić information content (AvgIpc) is 3.34. The zero-order chi connectivity index (χ0) is 17.9. The summed E-state index contributed by atoms with van der Waals surface area (Å²) in [5.74, 6) is 2.34. The van der Waals surface area contributed by atoms with Crippen molar-refractivity contribution in [2.45, 2.75) is 30.8 Å². The fourth-order valence-electron chi connectivity index (χ4n) is 2.58. The van der Waals surface area contributed by atoms with Gasteiger partial charge in [-0.3, -0.25) is 9.36 Å². The number of thioether (sulfide) groups is 1. The highest BCUT2D eigenvalue weighted by Crippen LogP contribution is 2.22. The zero-order valence-corrected chi connectivity index (χ0v) is 14.9. The van der Waals surface area contributed by atoms with E-state index in [1.54, 1.807) is 23.0 Å². The second kappa shape index (κ2) is 7.17. The third-order valence-electron chi connectivity index (χ3n) is 3.86. The summed E-state index contributed by atoms with van der Waals surface area (Å²) < 4.78 is 12.2. The summed E-state index contributed by atoms with van der Waals surface area (Å²) in [7, 11) is 0. The second-order valence-electron chi connectivity index (χ2n) is 5.63. The number of furan rings is 1. The third-order valence-corrected chi connectivity index (χ3v) is 4.84. The van der Waals surface area contributed by atoms with Crippen LogP contribution >= 0.6 is 11.8 Å². The van der Waals surface area contributed by atoms with Crippen LogP contribution in [-0.4, -0.2) is 19.7 Å². The minimum Gasteiger partial charge on any atom is -0.467 e. The Labute approximate surface area is 153 Å². The van der Waals surface area contributed by atoms with E-state index in [4.69, 9.17) is 8.94 Å². The molecule has 4 rings (SSSR count). The van der Waals surface area contributed by atoms with Gasteiger partial charge in [0.25, 0.3) is 5.56 Å². The minimum absolute atomic E-state index is 0.100. The van der Waals surface area contributed by atoms with E-state index in [0.29, 0.717) is 52.3 Å². The molecule has 0 aliphatic rings. The van der Waals surface area contributed by atoms with E-state index in [1.165, 1.54) is 11.8 Å². The molecule has 3 aromatic heterocycles. The van der Waals surface area contributed by atoms with Gasteiger partial charge in [-0.15, -0.1) is 0 Å². The van der Waals surface area contributed by atoms with Crippen LogP contribution in [0.5, 0.6) is 0 Å². The highest BCUT2D eigenvalue weighted by molar-refractivity contribution is 7.98. The van der Waals surface area contributed by atoms with E-state index in [0.717, 1.165) is 0 Å². The fourth-order valence-corrected chi connectivity index (χ4v) is 3.42. The molecule has 0 saturated carbocycles. The molecule has 7 nitrogen and oxygen atoms in total. The first-order valence-electron chi connectivity index (χ1n) is 8.21. The number of hydrogen-bond acceptors (Lipinski definition) is 7. The lowest BCUT2D eigenvalue weighted by atomic mass is 10.2. The number of benzene rings is 1. The third kappa shape index (κ3) is 3.28. The molecule has 4 aromatic rings. The molecule has 3 heterocycles. The Balaban J connectivity index is 1.71. The van der Waals surface area contributed by atoms with E-state index >= 15 is 0 Å². The van der Waals surface area contributed by atoms with Gasteiger partial charge in [0.2, 0.25) is 5.89 Å². The number of aryl methyl sites for hydroxylation is 1. The number of hydrogen-bond donors (Lipinski definition) is 0. The van der Waals surface area contributed by atoms with E-state index < -0.39 is 0 Å². The molecule has 0 N–H and O–H groups in total. The first-order chi connectivity index (χ1) is 12.7. The van der Waals surface area contributed by atoms with E-state index in [1.807, 2.05) is 31.2 Å². The first kappa shape index (κ1) is 16.6. The Hall–Kier alpha value is -2.87. The highest BCUT2D eigenvalue weighted by Gasteiger charge is 2.14. The predicted octanol–water partition coefficient (Wildman–Crippen LogP) is 3.28. The molecule has 0 atom stereocenters. The zero-order valence-electron chi connectivity index (χ0n) is 14.1. The van der Waals surface area contributed by atoms with Crippen LogP contribution in [0.15, 0.2) is 61.6 Å². The topological polar surface area (TPSA) is 87.0 Å². The predicted molar refractivity (Wildman–Crippen MR) is 97.1 cm³/mol. The average molecular weight is 368 g/mol. The molecule has 1 aromatic carbocycles. The molecule has 26 heavy (non-hydrogen) atoms. The minimum atomic E-state index is -0.100. The number of nitrogens with zero attached hydrogens (tertiary/aromatic N) is 4. The number of rotatable bonds is 6. The summed E-state index contributed by atoms with van der Waals surface area (Å²) in [4.78, 5) is 21.9. The number of aromatic nitrogens is 4. The SMILES string of the molecule is CCc1nc(CSc2nc3ccccc3c(=O)n2Cc2ccco2)no1. The summed E-state index contributed by atoms with van der Waals surface area (Å²) in [5, 5.41) is 5.12. The van der Waals surface area contributed by atoms with Gasteiger partial charge in [0, 0.05) is 6.42 Å². The standard InChI is InChI=1S/C18H16N4O3S/c1-2-16-20-15(21-25-16)11-26-18-19-14-8-4-3-7-13(14)17(23)22(18)10-12-6-5-9-24-12/h3-9H,2,10-11H2,1H3. The maximum atomic E-state index is 13.0. The molecular weight excluding hydrogens is 352 g/mol. The van der Waals surface area contributed by atoms with Gasteiger partial charge in [-0.25, -0.2) is 4.98 Å². The lowest BCUT2D eigenvalue weighted by molar-refractivity contribution is 0.378. The Morgan fingerprint density at radius 1 is 1.15 bits per heavy atom. The van der Waals surface area contributed by atoms with Crippen molar-refractivity contribution in [3.05, 3.63) is 70.5 Å². The fraction of sp³-hybridized carbons (Fsp3) is 0.222. The molecule has 0 radical (unpaired) electrons. The van der Waals surface area contributed by atoms with Crippen molar-refractivity contribution >= 4 is 22.7 Å². The molecule has 0 spiro atoms. The van der Waals surface area contributed by atoms with Crippen LogP contribution in [0.2, 0.25) is 0 Å². The van der Waals surface area contributed by atoms with Gasteiger partial charge >= 0.3 is 0 Å². The molecule has 132 valence electrons. The van der Waals surface area contributed by atoms with E-state index in [2.05, 4.69) is 15.1 Å². The molecule has 0 bridgehead atoms. The largest absolute Gasteiger partial charge is 0.467 e. The smallest absolute Gasteiger partial charge is 0.262 e. The van der Waals surface area contributed by atoms with Gasteiger partial charge in [0.1, 0.15) is 5.76 Å². The van der Waals surface area contributed by atoms with Crippen LogP contribution in [0.1, 0.15) is 24.4 Å². The van der Waals surface area contributed by atoms with Gasteiger partial charge in [0.15, 0.2) is 11.0 Å². The summed E-state index contributed by atoms with van der Waals surface area (Å²) in [6.07, 6.45) is 2.28. The maximum absolute atomic E-state index is 13.0. The summed E-state index contributed by atoms with van der Waals surface area (Å²) in [6.45, 7) is 2.27. The highest BCUT2D eigenvalue weighted by atomic mass is 32.2. The van der Waals surface area contributed by atoms with Gasteiger partial charge < -0.3 is 8.94 Å². The van der Waals surface area contributed by atoms with Crippen molar-refractivity contribution in [3.63, 3.8) is 0 Å². The first-order valence-corrected chi connectivity index (χ1v) is 9.19. The molecule has 0 fully saturated rings. The number of para-hydroxylation sites is 1.